The van der Waals surface area contributed by atoms with Crippen LogP contribution in [0.3, 0.4) is 0 Å². The van der Waals surface area contributed by atoms with Crippen molar-refractivity contribution < 1.29 is 0 Å². The third-order valence-corrected chi connectivity index (χ3v) is 3.76. The minimum atomic E-state index is 0.694. The largest absolute Gasteiger partial charge is 0.0625 e. The fraction of sp³-hybridized carbons (Fsp3) is 1.00. The summed E-state index contributed by atoms with van der Waals surface area (Å²) in [5.41, 5.74) is 0.694. The lowest BCUT2D eigenvalue weighted by molar-refractivity contribution is -0.0314. The molecule has 0 aromatic carbocycles. The Labute approximate surface area is 71.4 Å². The van der Waals surface area contributed by atoms with Crippen molar-refractivity contribution in [1.29, 1.82) is 0 Å². The van der Waals surface area contributed by atoms with Gasteiger partial charge in [0, 0.05) is 0 Å². The quantitative estimate of drug-likeness (QED) is 0.568. The normalized spacial score (nSPS) is 24.3. The van der Waals surface area contributed by atoms with Crippen LogP contribution in [-0.4, -0.2) is 0 Å². The second-order valence-electron chi connectivity index (χ2n) is 5.06. The molecule has 0 bridgehead atoms. The molecule has 0 N–H and O–H groups in total. The first kappa shape index (κ1) is 9.09. The maximum absolute atomic E-state index is 2.38. The minimum absolute atomic E-state index is 0.694. The Morgan fingerprint density at radius 1 is 1.00 bits per heavy atom. The van der Waals surface area contributed by atoms with E-state index in [0.717, 1.165) is 17.8 Å². The molecule has 0 saturated heterocycles. The molecular weight excluding hydrogens is 132 g/mol. The third kappa shape index (κ3) is 1.32. The second-order valence-corrected chi connectivity index (χ2v) is 5.06. The van der Waals surface area contributed by atoms with Crippen LogP contribution >= 0.6 is 0 Å². The lowest BCUT2D eigenvalue weighted by Crippen LogP contribution is -2.44. The van der Waals surface area contributed by atoms with E-state index in [1.807, 2.05) is 0 Å². The van der Waals surface area contributed by atoms with Gasteiger partial charge in [-0.1, -0.05) is 34.6 Å². The van der Waals surface area contributed by atoms with Crippen molar-refractivity contribution in [3.05, 3.63) is 0 Å². The van der Waals surface area contributed by atoms with Crippen LogP contribution in [-0.2, 0) is 0 Å². The first-order valence-electron chi connectivity index (χ1n) is 4.99. The van der Waals surface area contributed by atoms with Gasteiger partial charge in [0.15, 0.2) is 0 Å². The van der Waals surface area contributed by atoms with Crippen LogP contribution in [0.5, 0.6) is 0 Å². The molecule has 0 nitrogen and oxygen atoms in total. The molecule has 1 aliphatic rings. The summed E-state index contributed by atoms with van der Waals surface area (Å²) in [6.45, 7) is 11.9. The topological polar surface area (TPSA) is 0 Å². The fourth-order valence-corrected chi connectivity index (χ4v) is 2.85. The molecule has 1 fully saturated rings. The van der Waals surface area contributed by atoms with Crippen molar-refractivity contribution in [1.82, 2.24) is 0 Å². The Morgan fingerprint density at radius 3 is 1.45 bits per heavy atom. The highest BCUT2D eigenvalue weighted by atomic mass is 14.5. The van der Waals surface area contributed by atoms with Crippen molar-refractivity contribution in [3.63, 3.8) is 0 Å². The molecule has 0 heteroatoms. The highest BCUT2D eigenvalue weighted by Crippen LogP contribution is 2.55. The van der Waals surface area contributed by atoms with Gasteiger partial charge >= 0.3 is 0 Å². The molecule has 1 rings (SSSR count). The van der Waals surface area contributed by atoms with Gasteiger partial charge in [-0.2, -0.15) is 0 Å². The van der Waals surface area contributed by atoms with Crippen LogP contribution in [0.2, 0.25) is 0 Å². The average Bonchev–Trinajstić information content (AvgIpc) is 1.78. The number of hydrogen-bond donors (Lipinski definition) is 0. The van der Waals surface area contributed by atoms with Gasteiger partial charge in [-0.15, -0.1) is 0 Å². The van der Waals surface area contributed by atoms with E-state index < -0.39 is 0 Å². The Hall–Kier alpha value is 0. The monoisotopic (exact) mass is 154 g/mol. The zero-order valence-corrected chi connectivity index (χ0v) is 8.65. The molecule has 0 atom stereocenters. The lowest BCUT2D eigenvalue weighted by Gasteiger charge is -2.53. The maximum Gasteiger partial charge on any atom is -0.0246 e. The summed E-state index contributed by atoms with van der Waals surface area (Å²) in [5.74, 6) is 2.73. The number of rotatable bonds is 2. The summed E-state index contributed by atoms with van der Waals surface area (Å²) < 4.78 is 0. The van der Waals surface area contributed by atoms with Crippen LogP contribution in [0.25, 0.3) is 0 Å². The predicted octanol–water partition coefficient (Wildman–Crippen LogP) is 3.71. The third-order valence-electron chi connectivity index (χ3n) is 3.76. The van der Waals surface area contributed by atoms with Crippen molar-refractivity contribution in [2.75, 3.05) is 0 Å². The standard InChI is InChI=1S/C11H22/c1-8(2)11(9(3)4)6-10(5)7-11/h8-10H,6-7H2,1-5H3. The molecule has 66 valence electrons. The van der Waals surface area contributed by atoms with Gasteiger partial charge in [0.25, 0.3) is 0 Å². The van der Waals surface area contributed by atoms with E-state index >= 15 is 0 Å². The summed E-state index contributed by atoms with van der Waals surface area (Å²) in [7, 11) is 0. The molecular formula is C11H22. The van der Waals surface area contributed by atoms with E-state index in [1.165, 1.54) is 12.8 Å². The summed E-state index contributed by atoms with van der Waals surface area (Å²) >= 11 is 0. The average molecular weight is 154 g/mol. The Bertz CT molecular complexity index is 117. The zero-order chi connectivity index (χ0) is 8.65. The Kier molecular flexibility index (Phi) is 2.32. The SMILES string of the molecule is CC1CC(C(C)C)(C(C)C)C1. The van der Waals surface area contributed by atoms with Gasteiger partial charge in [-0.3, -0.25) is 0 Å². The van der Waals surface area contributed by atoms with E-state index in [-0.39, 0.29) is 0 Å². The molecule has 0 aliphatic heterocycles. The van der Waals surface area contributed by atoms with Crippen molar-refractivity contribution in [2.24, 2.45) is 23.2 Å². The summed E-state index contributed by atoms with van der Waals surface area (Å²) in [5, 5.41) is 0. The van der Waals surface area contributed by atoms with Gasteiger partial charge < -0.3 is 0 Å². The summed E-state index contributed by atoms with van der Waals surface area (Å²) in [6.07, 6.45) is 2.92. The van der Waals surface area contributed by atoms with Crippen LogP contribution in [0, 0.1) is 23.2 Å². The lowest BCUT2D eigenvalue weighted by atomic mass is 9.52. The Balaban J connectivity index is 2.61. The molecule has 1 aliphatic carbocycles. The molecule has 0 aromatic rings. The molecule has 0 unspecified atom stereocenters. The van der Waals surface area contributed by atoms with E-state index in [9.17, 15) is 0 Å². The van der Waals surface area contributed by atoms with E-state index in [0.29, 0.717) is 5.41 Å². The predicted molar refractivity (Wildman–Crippen MR) is 50.5 cm³/mol. The molecule has 1 saturated carbocycles. The van der Waals surface area contributed by atoms with Gasteiger partial charge in [0.2, 0.25) is 0 Å². The number of hydrogen-bond acceptors (Lipinski definition) is 0. The van der Waals surface area contributed by atoms with Crippen LogP contribution in [0.15, 0.2) is 0 Å². The van der Waals surface area contributed by atoms with Gasteiger partial charge in [0.05, 0.1) is 0 Å². The molecule has 0 amide bonds. The van der Waals surface area contributed by atoms with Gasteiger partial charge in [-0.05, 0) is 36.0 Å². The van der Waals surface area contributed by atoms with Crippen LogP contribution in [0.1, 0.15) is 47.5 Å². The van der Waals surface area contributed by atoms with E-state index in [4.69, 9.17) is 0 Å². The van der Waals surface area contributed by atoms with Crippen molar-refractivity contribution in [2.45, 2.75) is 47.5 Å². The van der Waals surface area contributed by atoms with Gasteiger partial charge in [0.1, 0.15) is 0 Å². The van der Waals surface area contributed by atoms with Crippen LogP contribution in [0.4, 0.5) is 0 Å². The van der Waals surface area contributed by atoms with Gasteiger partial charge in [-0.25, -0.2) is 0 Å². The Morgan fingerprint density at radius 2 is 1.36 bits per heavy atom. The summed E-state index contributed by atoms with van der Waals surface area (Å²) in [6, 6.07) is 0. The first-order valence-corrected chi connectivity index (χ1v) is 4.99. The first-order chi connectivity index (χ1) is 4.99. The van der Waals surface area contributed by atoms with Crippen molar-refractivity contribution >= 4 is 0 Å². The highest BCUT2D eigenvalue weighted by molar-refractivity contribution is 4.95. The molecule has 0 spiro atoms. The van der Waals surface area contributed by atoms with Crippen molar-refractivity contribution in [3.8, 4) is 0 Å². The molecule has 0 heterocycles. The minimum Gasteiger partial charge on any atom is -0.0625 e. The van der Waals surface area contributed by atoms with E-state index in [1.54, 1.807) is 0 Å². The van der Waals surface area contributed by atoms with Crippen LogP contribution < -0.4 is 0 Å². The molecule has 0 radical (unpaired) electrons. The maximum atomic E-state index is 2.38. The fourth-order valence-electron chi connectivity index (χ4n) is 2.85. The molecule has 11 heavy (non-hydrogen) atoms. The second kappa shape index (κ2) is 2.80. The molecule has 0 aromatic heterocycles. The zero-order valence-electron chi connectivity index (χ0n) is 8.65. The smallest absolute Gasteiger partial charge is 0.0246 e. The van der Waals surface area contributed by atoms with E-state index in [2.05, 4.69) is 34.6 Å². The highest BCUT2D eigenvalue weighted by Gasteiger charge is 2.46. The summed E-state index contributed by atoms with van der Waals surface area (Å²) in [4.78, 5) is 0.